The second kappa shape index (κ2) is 9.04. The average Bonchev–Trinajstić information content (AvgIpc) is 3.00. The van der Waals surface area contributed by atoms with E-state index in [2.05, 4.69) is 3.63 Å². The van der Waals surface area contributed by atoms with Crippen molar-refractivity contribution in [3.63, 3.8) is 0 Å². The summed E-state index contributed by atoms with van der Waals surface area (Å²) in [5.74, 6) is -16.5. The molecule has 0 aromatic carbocycles. The van der Waals surface area contributed by atoms with Crippen LogP contribution >= 0.6 is 10.3 Å². The Labute approximate surface area is 169 Å². The fourth-order valence-electron chi connectivity index (χ4n) is 2.76. The van der Waals surface area contributed by atoms with Crippen molar-refractivity contribution >= 4 is 26.2 Å². The van der Waals surface area contributed by atoms with E-state index in [4.69, 9.17) is 0 Å². The van der Waals surface area contributed by atoms with Gasteiger partial charge in [-0.1, -0.05) is 19.8 Å². The van der Waals surface area contributed by atoms with Gasteiger partial charge in [-0.25, -0.2) is 3.63 Å². The topological polar surface area (TPSA) is 60.4 Å². The highest BCUT2D eigenvalue weighted by Crippen LogP contribution is 2.61. The lowest BCUT2D eigenvalue weighted by Gasteiger charge is -2.37. The molecule has 0 radical (unpaired) electrons. The Bertz CT molecular complexity index is 714. The smallest absolute Gasteiger partial charge is 0.299 e. The predicted octanol–water partition coefficient (Wildman–Crippen LogP) is 5.42. The first-order chi connectivity index (χ1) is 13.4. The lowest BCUT2D eigenvalue weighted by Crippen LogP contribution is -2.63. The first-order valence-corrected chi connectivity index (χ1v) is 12.3. The third-order valence-electron chi connectivity index (χ3n) is 4.43. The molecule has 1 rings (SSSR count). The molecule has 1 aliphatic rings. The molecule has 0 saturated carbocycles. The molecule has 0 aliphatic carbocycles. The number of ketones is 1. The van der Waals surface area contributed by atoms with Crippen LogP contribution in [0, 0.1) is 0 Å². The van der Waals surface area contributed by atoms with Gasteiger partial charge in [0.15, 0.2) is 0 Å². The number of carbonyl (C=O) groups is 1. The molecule has 0 unspecified atom stereocenters. The van der Waals surface area contributed by atoms with Gasteiger partial charge in [0.2, 0.25) is 0 Å². The number of unbranched alkanes of at least 4 members (excludes halogenated alkanes) is 2. The van der Waals surface area contributed by atoms with E-state index in [-0.39, 0.29) is 30.8 Å². The average molecular weight is 500 g/mol. The molecule has 15 heteroatoms. The second-order valence-corrected chi connectivity index (χ2v) is 11.9. The van der Waals surface area contributed by atoms with Crippen LogP contribution in [0.3, 0.4) is 0 Å². The van der Waals surface area contributed by atoms with Gasteiger partial charge in [-0.3, -0.25) is 4.79 Å². The summed E-state index contributed by atoms with van der Waals surface area (Å²) in [6, 6.07) is 0. The zero-order chi connectivity index (χ0) is 23.6. The van der Waals surface area contributed by atoms with Crippen LogP contribution in [-0.4, -0.2) is 54.7 Å². The Morgan fingerprint density at radius 3 is 1.83 bits per heavy atom. The maximum Gasteiger partial charge on any atom is 0.460 e. The van der Waals surface area contributed by atoms with E-state index in [9.17, 15) is 52.7 Å². The van der Waals surface area contributed by atoms with E-state index in [1.165, 1.54) is 0 Å². The lowest BCUT2D eigenvalue weighted by atomic mass is 10.1. The van der Waals surface area contributed by atoms with Gasteiger partial charge in [0.1, 0.15) is 5.78 Å². The van der Waals surface area contributed by atoms with Crippen LogP contribution in [-0.2, 0) is 18.5 Å². The van der Waals surface area contributed by atoms with Crippen molar-refractivity contribution in [3.05, 3.63) is 0 Å². The summed E-state index contributed by atoms with van der Waals surface area (Å²) < 4.78 is 145. The minimum absolute atomic E-state index is 0.0648. The minimum Gasteiger partial charge on any atom is -0.299 e. The quantitative estimate of drug-likeness (QED) is 0.281. The Kier molecular flexibility index (Phi) is 8.24. The summed E-state index contributed by atoms with van der Waals surface area (Å²) in [6.45, 7) is 1.82. The number of halogens is 9. The largest absolute Gasteiger partial charge is 0.460 e. The fourth-order valence-corrected chi connectivity index (χ4v) is 8.48. The Hall–Kier alpha value is -0.700. The first-order valence-electron chi connectivity index (χ1n) is 8.81. The number of hydrogen-bond acceptors (Lipinski definition) is 4. The zero-order valence-electron chi connectivity index (χ0n) is 15.7. The van der Waals surface area contributed by atoms with Gasteiger partial charge in [-0.15, -0.1) is 10.3 Å². The summed E-state index contributed by atoms with van der Waals surface area (Å²) in [6.07, 6.45) is -5.09. The highest BCUT2D eigenvalue weighted by molar-refractivity contribution is 8.33. The van der Waals surface area contributed by atoms with Crippen LogP contribution in [0.15, 0.2) is 0 Å². The normalized spacial score (nSPS) is 19.7. The third-order valence-corrected chi connectivity index (χ3v) is 10.1. The number of hydrogen-bond donors (Lipinski definition) is 0. The number of rotatable bonds is 11. The number of alkyl halides is 9. The van der Waals surface area contributed by atoms with Crippen molar-refractivity contribution in [2.24, 2.45) is 0 Å². The molecular weight excluding hydrogens is 479 g/mol. The summed E-state index contributed by atoms with van der Waals surface area (Å²) in [4.78, 5) is 12.0. The molecule has 0 N–H and O–H groups in total. The van der Waals surface area contributed by atoms with Gasteiger partial charge >= 0.3 is 33.4 Å². The SMILES string of the molecule is CCCCCC(=O)CS1(OS(=O)(=O)C(F)(F)C(F)(F)C(F)(F)C(F)(F)F)CCCC1. The highest BCUT2D eigenvalue weighted by Gasteiger charge is 2.86. The van der Waals surface area contributed by atoms with Crippen LogP contribution in [0.5, 0.6) is 0 Å². The molecule has 0 amide bonds. The van der Waals surface area contributed by atoms with E-state index in [0.717, 1.165) is 6.42 Å². The van der Waals surface area contributed by atoms with Crippen molar-refractivity contribution in [1.82, 2.24) is 0 Å². The molecule has 0 aromatic heterocycles. The molecule has 0 atom stereocenters. The van der Waals surface area contributed by atoms with Crippen molar-refractivity contribution < 1.29 is 56.4 Å². The monoisotopic (exact) mass is 500 g/mol. The van der Waals surface area contributed by atoms with Gasteiger partial charge in [0.05, 0.1) is 5.75 Å². The summed E-state index contributed by atoms with van der Waals surface area (Å²) in [5, 5.41) is -6.90. The van der Waals surface area contributed by atoms with E-state index in [1.54, 1.807) is 0 Å². The fraction of sp³-hybridized carbons (Fsp3) is 0.933. The molecule has 0 spiro atoms. The highest BCUT2D eigenvalue weighted by atomic mass is 32.3. The van der Waals surface area contributed by atoms with Gasteiger partial charge in [-0.05, 0) is 19.3 Å². The minimum atomic E-state index is -7.35. The molecule has 1 fully saturated rings. The predicted molar refractivity (Wildman–Crippen MR) is 91.5 cm³/mol. The Morgan fingerprint density at radius 1 is 0.900 bits per heavy atom. The maximum absolute atomic E-state index is 13.9. The molecular formula is C15H21F9O4S2. The second-order valence-electron chi connectivity index (χ2n) is 6.91. The summed E-state index contributed by atoms with van der Waals surface area (Å²) >= 11 is 0. The molecule has 0 aromatic rings. The van der Waals surface area contributed by atoms with Crippen molar-refractivity contribution in [2.45, 2.75) is 68.7 Å². The number of carbonyl (C=O) groups excluding carboxylic acids is 1. The van der Waals surface area contributed by atoms with Crippen LogP contribution in [0.25, 0.3) is 0 Å². The van der Waals surface area contributed by atoms with Crippen molar-refractivity contribution in [1.29, 1.82) is 0 Å². The van der Waals surface area contributed by atoms with E-state index in [1.807, 2.05) is 6.92 Å². The summed E-state index contributed by atoms with van der Waals surface area (Å²) in [7, 11) is -10.2. The Balaban J connectivity index is 3.19. The van der Waals surface area contributed by atoms with Crippen LogP contribution in [0.4, 0.5) is 39.5 Å². The first kappa shape index (κ1) is 27.3. The maximum atomic E-state index is 13.9. The molecule has 30 heavy (non-hydrogen) atoms. The Morgan fingerprint density at radius 2 is 1.40 bits per heavy atom. The van der Waals surface area contributed by atoms with E-state index in [0.29, 0.717) is 12.8 Å². The van der Waals surface area contributed by atoms with Gasteiger partial charge < -0.3 is 0 Å². The van der Waals surface area contributed by atoms with E-state index >= 15 is 0 Å². The molecule has 1 heterocycles. The number of Topliss-reactive ketones (excluding diaryl/α,β-unsaturated/α-hetero) is 1. The van der Waals surface area contributed by atoms with Crippen molar-refractivity contribution in [3.8, 4) is 0 Å². The van der Waals surface area contributed by atoms with Crippen LogP contribution in [0.1, 0.15) is 45.4 Å². The summed E-state index contributed by atoms with van der Waals surface area (Å²) in [5.41, 5.74) is 0. The van der Waals surface area contributed by atoms with E-state index < -0.39 is 55.2 Å². The van der Waals surface area contributed by atoms with Gasteiger partial charge in [-0.2, -0.15) is 47.9 Å². The zero-order valence-corrected chi connectivity index (χ0v) is 17.3. The van der Waals surface area contributed by atoms with Gasteiger partial charge in [0, 0.05) is 17.9 Å². The lowest BCUT2D eigenvalue weighted by molar-refractivity contribution is -0.382. The molecule has 1 saturated heterocycles. The molecule has 0 bridgehead atoms. The standard InChI is InChI=1S/C15H21F9O4S2/c1-2-3-4-7-11(25)10-29(8-5-6-9-29)28-30(26,27)15(23,24)13(18,19)12(16,17)14(20,21)22/h2-10H2,1H3. The molecule has 180 valence electrons. The molecule has 4 nitrogen and oxygen atoms in total. The molecule has 1 aliphatic heterocycles. The van der Waals surface area contributed by atoms with Crippen LogP contribution in [0.2, 0.25) is 0 Å². The van der Waals surface area contributed by atoms with Crippen LogP contribution < -0.4 is 0 Å². The van der Waals surface area contributed by atoms with Gasteiger partial charge in [0.25, 0.3) is 0 Å². The third kappa shape index (κ3) is 5.19. The van der Waals surface area contributed by atoms with Crippen molar-refractivity contribution in [2.75, 3.05) is 17.3 Å².